The van der Waals surface area contributed by atoms with E-state index < -0.39 is 0 Å². The lowest BCUT2D eigenvalue weighted by Gasteiger charge is -2.45. The fraction of sp³-hybridized carbons (Fsp3) is 1.00. The molecule has 3 nitrogen and oxygen atoms in total. The highest BCUT2D eigenvalue weighted by atomic mass is 16.3. The van der Waals surface area contributed by atoms with Gasteiger partial charge in [0.2, 0.25) is 0 Å². The van der Waals surface area contributed by atoms with Crippen LogP contribution in [0, 0.1) is 0 Å². The van der Waals surface area contributed by atoms with E-state index in [1.54, 1.807) is 0 Å². The van der Waals surface area contributed by atoms with Crippen molar-refractivity contribution in [3.05, 3.63) is 0 Å². The lowest BCUT2D eigenvalue weighted by Crippen LogP contribution is -2.63. The summed E-state index contributed by atoms with van der Waals surface area (Å²) < 4.78 is 0. The van der Waals surface area contributed by atoms with Crippen LogP contribution in [-0.4, -0.2) is 48.7 Å². The molecule has 0 aromatic heterocycles. The van der Waals surface area contributed by atoms with Crippen LogP contribution in [0.1, 0.15) is 20.8 Å². The predicted molar refractivity (Wildman–Crippen MR) is 52.8 cm³/mol. The third-order valence-corrected chi connectivity index (χ3v) is 2.65. The summed E-state index contributed by atoms with van der Waals surface area (Å²) in [5, 5.41) is 12.6. The average molecular weight is 170 g/mol. The monoisotopic (exact) mass is 170 g/mol. The van der Waals surface area contributed by atoms with Crippen molar-refractivity contribution in [3.8, 4) is 0 Å². The van der Waals surface area contributed by atoms with Crippen molar-refractivity contribution < 1.29 is 5.11 Å². The minimum absolute atomic E-state index is 0.216. The van der Waals surface area contributed by atoms with E-state index >= 15 is 0 Å². The van der Waals surface area contributed by atoms with E-state index in [0.717, 1.165) is 6.54 Å². The van der Waals surface area contributed by atoms with Gasteiger partial charge in [-0.3, -0.25) is 10.2 Å². The van der Waals surface area contributed by atoms with Crippen LogP contribution in [0.5, 0.6) is 0 Å². The van der Waals surface area contributed by atoms with E-state index in [-0.39, 0.29) is 12.3 Å². The molecule has 0 aliphatic carbocycles. The Bertz CT molecular complexity index is 154. The molecule has 1 heterocycles. The molecule has 0 aromatic carbocycles. The van der Waals surface area contributed by atoms with Gasteiger partial charge < -0.3 is 5.11 Å². The van der Waals surface area contributed by atoms with Crippen LogP contribution < -0.4 is 5.32 Å². The largest absolute Gasteiger partial charge is 0.377 e. The first-order valence-electron chi connectivity index (χ1n) is 4.73. The second-order valence-electron chi connectivity index (χ2n) is 3.98. The summed E-state index contributed by atoms with van der Waals surface area (Å²) in [4.78, 5) is 2.35. The van der Waals surface area contributed by atoms with Crippen LogP contribution >= 0.6 is 0 Å². The maximum atomic E-state index is 9.56. The number of aliphatic hydroxyl groups is 1. The van der Waals surface area contributed by atoms with Crippen LogP contribution in [0.2, 0.25) is 0 Å². The van der Waals surface area contributed by atoms with Gasteiger partial charge in [-0.1, -0.05) is 0 Å². The van der Waals surface area contributed by atoms with Crippen LogP contribution in [0.15, 0.2) is 0 Å². The Morgan fingerprint density at radius 1 is 1.58 bits per heavy atom. The molecule has 1 fully saturated rings. The Morgan fingerprint density at radius 3 is 2.58 bits per heavy atom. The van der Waals surface area contributed by atoms with Crippen molar-refractivity contribution >= 4 is 7.85 Å². The molecule has 0 bridgehead atoms. The second-order valence-corrected chi connectivity index (χ2v) is 3.98. The number of piperazine rings is 1. The van der Waals surface area contributed by atoms with Gasteiger partial charge in [0.1, 0.15) is 14.1 Å². The normalized spacial score (nSPS) is 38.9. The van der Waals surface area contributed by atoms with Gasteiger partial charge in [-0.15, -0.1) is 0 Å². The van der Waals surface area contributed by atoms with Gasteiger partial charge in [0.05, 0.1) is 0 Å². The average Bonchev–Trinajstić information content (AvgIpc) is 1.97. The van der Waals surface area contributed by atoms with Gasteiger partial charge in [0.15, 0.2) is 0 Å². The zero-order valence-electron chi connectivity index (χ0n) is 8.41. The first-order valence-corrected chi connectivity index (χ1v) is 4.73. The van der Waals surface area contributed by atoms with E-state index in [1.807, 2.05) is 0 Å². The van der Waals surface area contributed by atoms with Crippen LogP contribution in [0.25, 0.3) is 0 Å². The summed E-state index contributed by atoms with van der Waals surface area (Å²) in [5.74, 6) is 0.517. The van der Waals surface area contributed by atoms with Crippen molar-refractivity contribution in [3.63, 3.8) is 0 Å². The summed E-state index contributed by atoms with van der Waals surface area (Å²) in [5.41, 5.74) is 0. The molecule has 0 saturated carbocycles. The van der Waals surface area contributed by atoms with Crippen molar-refractivity contribution in [2.24, 2.45) is 0 Å². The molecule has 70 valence electrons. The number of nitrogens with one attached hydrogen (secondary N) is 1. The number of hydrogen-bond donors (Lipinski definition) is 2. The van der Waals surface area contributed by atoms with Crippen molar-refractivity contribution in [2.75, 3.05) is 6.54 Å². The van der Waals surface area contributed by atoms with Crippen LogP contribution in [0.3, 0.4) is 0 Å². The highest BCUT2D eigenvalue weighted by Crippen LogP contribution is 2.14. The van der Waals surface area contributed by atoms with Crippen molar-refractivity contribution in [2.45, 2.75) is 45.0 Å². The first kappa shape index (κ1) is 10.0. The Balaban J connectivity index is 2.65. The maximum Gasteiger partial charge on any atom is 0.125 e. The topological polar surface area (TPSA) is 35.5 Å². The molecule has 2 N–H and O–H groups in total. The molecule has 12 heavy (non-hydrogen) atoms. The zero-order valence-corrected chi connectivity index (χ0v) is 8.41. The molecular formula is C8H19BN2O. The van der Waals surface area contributed by atoms with Gasteiger partial charge in [0.25, 0.3) is 0 Å². The predicted octanol–water partition coefficient (Wildman–Crippen LogP) is -1.03. The van der Waals surface area contributed by atoms with Crippen molar-refractivity contribution in [1.82, 2.24) is 10.2 Å². The van der Waals surface area contributed by atoms with E-state index in [1.165, 1.54) is 0 Å². The number of rotatable bonds is 1. The van der Waals surface area contributed by atoms with Crippen molar-refractivity contribution in [1.29, 1.82) is 0 Å². The zero-order chi connectivity index (χ0) is 9.30. The quantitative estimate of drug-likeness (QED) is 0.494. The van der Waals surface area contributed by atoms with Gasteiger partial charge in [0, 0.05) is 18.6 Å². The lowest BCUT2D eigenvalue weighted by molar-refractivity contribution is -0.0197. The van der Waals surface area contributed by atoms with E-state index in [0.29, 0.717) is 12.0 Å². The molecule has 0 spiro atoms. The molecule has 0 aromatic rings. The summed E-state index contributed by atoms with van der Waals surface area (Å²) >= 11 is 0. The highest BCUT2D eigenvalue weighted by molar-refractivity contribution is 6.12. The molecule has 1 rings (SSSR count). The smallest absolute Gasteiger partial charge is 0.125 e. The first-order chi connectivity index (χ1) is 5.54. The van der Waals surface area contributed by atoms with E-state index in [4.69, 9.17) is 0 Å². The molecule has 0 amide bonds. The molecule has 1 aliphatic rings. The van der Waals surface area contributed by atoms with E-state index in [9.17, 15) is 5.11 Å². The third kappa shape index (κ3) is 1.81. The Morgan fingerprint density at radius 2 is 2.17 bits per heavy atom. The number of hydrogen-bond acceptors (Lipinski definition) is 3. The molecule has 1 aliphatic heterocycles. The molecule has 4 heteroatoms. The number of nitrogens with zero attached hydrogens (tertiary/aromatic N) is 1. The summed E-state index contributed by atoms with van der Waals surface area (Å²) in [7, 11) is 2.19. The standard InChI is InChI=1S/C8H19BN2O/c1-5(2)11-6(3)8(12)10-4-7(11)9/h5-8,10,12H,4,9H2,1-3H3. The molecule has 3 unspecified atom stereocenters. The molecule has 1 saturated heterocycles. The van der Waals surface area contributed by atoms with Crippen LogP contribution in [0.4, 0.5) is 0 Å². The van der Waals surface area contributed by atoms with Crippen LogP contribution in [-0.2, 0) is 0 Å². The Hall–Kier alpha value is -0.0551. The summed E-state index contributed by atoms with van der Waals surface area (Å²) in [6.45, 7) is 7.28. The minimum atomic E-state index is -0.372. The lowest BCUT2D eigenvalue weighted by atomic mass is 9.89. The van der Waals surface area contributed by atoms with Gasteiger partial charge >= 0.3 is 0 Å². The second kappa shape index (κ2) is 3.77. The highest BCUT2D eigenvalue weighted by Gasteiger charge is 2.31. The van der Waals surface area contributed by atoms with Gasteiger partial charge in [-0.05, 0) is 26.7 Å². The molecular weight excluding hydrogens is 151 g/mol. The Kier molecular flexibility index (Phi) is 3.15. The third-order valence-electron chi connectivity index (χ3n) is 2.65. The fourth-order valence-corrected chi connectivity index (χ4v) is 2.11. The molecule has 0 radical (unpaired) electrons. The summed E-state index contributed by atoms with van der Waals surface area (Å²) in [6.07, 6.45) is -0.372. The maximum absolute atomic E-state index is 9.56. The molecule has 3 atom stereocenters. The minimum Gasteiger partial charge on any atom is -0.377 e. The SMILES string of the molecule is BC1CNC(O)C(C)N1C(C)C. The van der Waals surface area contributed by atoms with Gasteiger partial charge in [-0.25, -0.2) is 0 Å². The fourth-order valence-electron chi connectivity index (χ4n) is 2.11. The number of aliphatic hydroxyl groups excluding tert-OH is 1. The Labute approximate surface area is 75.5 Å². The summed E-state index contributed by atoms with van der Waals surface area (Å²) in [6, 6.07) is 0.723. The van der Waals surface area contributed by atoms with Gasteiger partial charge in [-0.2, -0.15) is 0 Å². The van der Waals surface area contributed by atoms with E-state index in [2.05, 4.69) is 38.8 Å².